The summed E-state index contributed by atoms with van der Waals surface area (Å²) in [7, 11) is -4.72. The van der Waals surface area contributed by atoms with Gasteiger partial charge in [0.05, 0.1) is 27.0 Å². The molecule has 58 heavy (non-hydrogen) atoms. The van der Waals surface area contributed by atoms with Crippen LogP contribution in [0.1, 0.15) is 13.8 Å². The van der Waals surface area contributed by atoms with Crippen LogP contribution in [0.5, 0.6) is 11.5 Å². The summed E-state index contributed by atoms with van der Waals surface area (Å²) in [6, 6.07) is 15.4. The highest BCUT2D eigenvalue weighted by molar-refractivity contribution is 7.85. The van der Waals surface area contributed by atoms with Crippen molar-refractivity contribution in [2.75, 3.05) is 23.8 Å². The molecular formula is C36H32N10O11S. The van der Waals surface area contributed by atoms with E-state index in [1.165, 1.54) is 43.3 Å². The van der Waals surface area contributed by atoms with E-state index in [4.69, 9.17) is 9.47 Å². The Labute approximate surface area is 325 Å². The summed E-state index contributed by atoms with van der Waals surface area (Å²) in [5, 5.41) is 20.9. The van der Waals surface area contributed by atoms with E-state index in [0.717, 1.165) is 19.1 Å². The van der Waals surface area contributed by atoms with E-state index in [2.05, 4.69) is 51.0 Å². The number of carbonyl (C=O) groups is 4. The van der Waals surface area contributed by atoms with Crippen molar-refractivity contribution >= 4 is 78.3 Å². The molecule has 0 aliphatic rings. The molecule has 298 valence electrons. The first-order chi connectivity index (χ1) is 27.6. The number of aromatic amines is 4. The van der Waals surface area contributed by atoms with E-state index in [1.54, 1.807) is 30.3 Å². The minimum atomic E-state index is -4.72. The summed E-state index contributed by atoms with van der Waals surface area (Å²) in [5.74, 6) is -2.82. The fourth-order valence-corrected chi connectivity index (χ4v) is 5.84. The van der Waals surface area contributed by atoms with Gasteiger partial charge in [-0.15, -0.1) is 0 Å². The Morgan fingerprint density at radius 1 is 0.638 bits per heavy atom. The monoisotopic (exact) mass is 812 g/mol. The van der Waals surface area contributed by atoms with Crippen molar-refractivity contribution in [2.24, 2.45) is 20.5 Å². The van der Waals surface area contributed by atoms with Gasteiger partial charge in [-0.25, -0.2) is 9.59 Å². The summed E-state index contributed by atoms with van der Waals surface area (Å²) in [4.78, 5) is 83.8. The lowest BCUT2D eigenvalue weighted by Crippen LogP contribution is -2.31. The fraction of sp³-hybridized carbons (Fsp3) is 0.167. The Morgan fingerprint density at radius 2 is 1.10 bits per heavy atom. The van der Waals surface area contributed by atoms with Gasteiger partial charge in [-0.3, -0.25) is 23.7 Å². The minimum absolute atomic E-state index is 0.0605. The first kappa shape index (κ1) is 40.1. The molecule has 0 saturated heterocycles. The first-order valence-electron chi connectivity index (χ1n) is 17.0. The Morgan fingerprint density at radius 3 is 1.60 bits per heavy atom. The summed E-state index contributed by atoms with van der Waals surface area (Å²) in [6.07, 6.45) is 0. The summed E-state index contributed by atoms with van der Waals surface area (Å²) >= 11 is 0. The van der Waals surface area contributed by atoms with Crippen LogP contribution in [0, 0.1) is 0 Å². The van der Waals surface area contributed by atoms with Crippen molar-refractivity contribution in [1.82, 2.24) is 19.9 Å². The molecule has 6 aromatic rings. The average Bonchev–Trinajstić information content (AvgIpc) is 3.73. The van der Waals surface area contributed by atoms with Gasteiger partial charge in [0.15, 0.2) is 11.6 Å². The first-order valence-corrected chi connectivity index (χ1v) is 18.4. The van der Waals surface area contributed by atoms with Gasteiger partial charge in [0, 0.05) is 11.4 Å². The maximum atomic E-state index is 13.1. The van der Waals surface area contributed by atoms with E-state index in [0.29, 0.717) is 27.8 Å². The molecule has 0 aliphatic heterocycles. The number of Topliss-reactive ketones (excluding diaryl/α,β-unsaturated/α-hetero) is 2. The topological polar surface area (TPSA) is 312 Å². The number of fused-ring (bicyclic) bond motifs is 2. The van der Waals surface area contributed by atoms with Gasteiger partial charge in [-0.2, -0.15) is 28.9 Å². The maximum Gasteiger partial charge on any atom is 0.323 e. The Bertz CT molecular complexity index is 2860. The molecule has 4 aromatic carbocycles. The number of hydrogen-bond acceptors (Lipinski definition) is 14. The van der Waals surface area contributed by atoms with Gasteiger partial charge in [-0.1, -0.05) is 12.1 Å². The molecule has 0 spiro atoms. The van der Waals surface area contributed by atoms with Crippen LogP contribution in [-0.4, -0.2) is 81.6 Å². The number of carbonyl (C=O) groups excluding carboxylic acids is 4. The van der Waals surface area contributed by atoms with Gasteiger partial charge >= 0.3 is 11.4 Å². The molecule has 0 radical (unpaired) electrons. The number of ketones is 2. The molecule has 2 atom stereocenters. The third-order valence-electron chi connectivity index (χ3n) is 8.09. The predicted octanol–water partition coefficient (Wildman–Crippen LogP) is 4.09. The molecule has 2 amide bonds. The van der Waals surface area contributed by atoms with E-state index in [9.17, 15) is 41.7 Å². The van der Waals surface area contributed by atoms with E-state index in [1.807, 2.05) is 0 Å². The lowest BCUT2D eigenvalue weighted by Gasteiger charge is -2.13. The van der Waals surface area contributed by atoms with Crippen molar-refractivity contribution in [2.45, 2.75) is 30.8 Å². The fourth-order valence-electron chi connectivity index (χ4n) is 5.34. The van der Waals surface area contributed by atoms with Crippen LogP contribution in [0.2, 0.25) is 0 Å². The number of anilines is 2. The van der Waals surface area contributed by atoms with Crippen molar-refractivity contribution in [3.8, 4) is 11.5 Å². The van der Waals surface area contributed by atoms with Crippen molar-refractivity contribution in [3.05, 3.63) is 99.8 Å². The molecule has 2 heterocycles. The van der Waals surface area contributed by atoms with Crippen molar-refractivity contribution < 1.29 is 41.6 Å². The highest BCUT2D eigenvalue weighted by Crippen LogP contribution is 2.32. The largest absolute Gasteiger partial charge is 0.488 e. The van der Waals surface area contributed by atoms with E-state index >= 15 is 0 Å². The molecule has 0 fully saturated rings. The van der Waals surface area contributed by atoms with Crippen LogP contribution in [0.15, 0.2) is 114 Å². The number of aromatic nitrogens is 4. The molecular weight excluding hydrogens is 781 g/mol. The van der Waals surface area contributed by atoms with Gasteiger partial charge in [-0.05, 0) is 80.6 Å². The number of ether oxygens (including phenoxy) is 2. The molecule has 22 heteroatoms. The van der Waals surface area contributed by atoms with Crippen molar-refractivity contribution in [1.29, 1.82) is 0 Å². The lowest BCUT2D eigenvalue weighted by atomic mass is 10.2. The molecule has 6 rings (SSSR count). The summed E-state index contributed by atoms with van der Waals surface area (Å²) in [6.45, 7) is 1.95. The summed E-state index contributed by atoms with van der Waals surface area (Å²) < 4.78 is 45.0. The normalized spacial score (nSPS) is 12.8. The van der Waals surface area contributed by atoms with Crippen LogP contribution in [0.3, 0.4) is 0 Å². The Balaban J connectivity index is 1.12. The van der Waals surface area contributed by atoms with Gasteiger partial charge < -0.3 is 40.0 Å². The smallest absolute Gasteiger partial charge is 0.323 e. The van der Waals surface area contributed by atoms with Gasteiger partial charge in [0.2, 0.25) is 12.1 Å². The average molecular weight is 813 g/mol. The number of hydrogen-bond donors (Lipinski definition) is 7. The van der Waals surface area contributed by atoms with Crippen LogP contribution in [-0.2, 0) is 29.3 Å². The summed E-state index contributed by atoms with van der Waals surface area (Å²) in [5.41, 5.74) is 1.43. The van der Waals surface area contributed by atoms with Crippen LogP contribution in [0.4, 0.5) is 22.7 Å². The number of imidazole rings is 2. The predicted molar refractivity (Wildman–Crippen MR) is 207 cm³/mol. The third kappa shape index (κ3) is 9.79. The molecule has 2 unspecified atom stereocenters. The van der Waals surface area contributed by atoms with E-state index < -0.39 is 61.9 Å². The van der Waals surface area contributed by atoms with Gasteiger partial charge in [0.25, 0.3) is 21.9 Å². The Kier molecular flexibility index (Phi) is 11.8. The van der Waals surface area contributed by atoms with E-state index in [-0.39, 0.29) is 41.8 Å². The third-order valence-corrected chi connectivity index (χ3v) is 8.94. The zero-order chi connectivity index (χ0) is 41.6. The standard InChI is InChI=1S/C36H32N10O11S/c1-18(47)31(33(49)37-20-7-10-23-26(15-20)41-35(51)39-23)45-43-25-5-3-4-6-29(25)56-13-14-57-30-12-9-22(58(53,54)55)17-28(30)44-46-32(19(2)48)34(50)38-21-8-11-24-27(16-21)42-36(52)40-24/h3-12,15-17,31-32H,13-14H2,1-2H3,(H,37,49)(H,38,50)(H2,39,41,51)(H2,40,42,52)(H,53,54,55). The molecule has 21 nitrogen and oxygen atoms in total. The van der Waals surface area contributed by atoms with Crippen molar-refractivity contribution in [3.63, 3.8) is 0 Å². The van der Waals surface area contributed by atoms with Crippen LogP contribution >= 0.6 is 0 Å². The number of azo groups is 2. The van der Waals surface area contributed by atoms with Crippen LogP contribution in [0.25, 0.3) is 22.1 Å². The molecule has 7 N–H and O–H groups in total. The number of rotatable bonds is 16. The zero-order valence-electron chi connectivity index (χ0n) is 30.3. The Hall–Kier alpha value is -7.59. The quantitative estimate of drug-likeness (QED) is 0.0316. The molecule has 0 aliphatic carbocycles. The number of H-pyrrole nitrogens is 4. The molecule has 0 bridgehead atoms. The second-order valence-corrected chi connectivity index (χ2v) is 13.8. The highest BCUT2D eigenvalue weighted by Gasteiger charge is 2.25. The maximum absolute atomic E-state index is 13.1. The number of amides is 2. The zero-order valence-corrected chi connectivity index (χ0v) is 31.1. The molecule has 0 saturated carbocycles. The van der Waals surface area contributed by atoms with Gasteiger partial charge in [0.1, 0.15) is 36.1 Å². The minimum Gasteiger partial charge on any atom is -0.488 e. The number of nitrogens with one attached hydrogen (secondary N) is 6. The second kappa shape index (κ2) is 17.1. The SMILES string of the molecule is CC(=O)C(N=Nc1ccccc1OCCOc1ccc(S(=O)(=O)O)cc1N=NC(C(C)=O)C(=O)Nc1ccc2[nH]c(=O)[nH]c2c1)C(=O)Nc1ccc2[nH]c(=O)[nH]c2c1. The number of nitrogens with zero attached hydrogens (tertiary/aromatic N) is 4. The highest BCUT2D eigenvalue weighted by atomic mass is 32.2. The number of para-hydroxylation sites is 1. The van der Waals surface area contributed by atoms with Crippen LogP contribution < -0.4 is 31.5 Å². The lowest BCUT2D eigenvalue weighted by molar-refractivity contribution is -0.127. The second-order valence-electron chi connectivity index (χ2n) is 12.4. The molecule has 2 aromatic heterocycles. The number of benzene rings is 4.